The maximum absolute atomic E-state index is 14.6. The fraction of sp³-hybridized carbons (Fsp3) is 0.583. The highest BCUT2D eigenvalue weighted by Crippen LogP contribution is 2.40. The van der Waals surface area contributed by atoms with E-state index in [9.17, 15) is 4.39 Å². The Morgan fingerprint density at radius 3 is 2.67 bits per heavy atom. The molecule has 1 aromatic heterocycles. The number of nitrogens with zero attached hydrogens (tertiary/aromatic N) is 1. The molecule has 0 atom stereocenters. The standard InChI is InChI=1S/C12H17FN2/c1-9-6-10(8-15-7-9)12(13)4-2-11(14)3-5-12/h6-8,11H,2-5,14H2,1H3. The van der Waals surface area contributed by atoms with Crippen molar-refractivity contribution in [3.8, 4) is 0 Å². The van der Waals surface area contributed by atoms with Gasteiger partial charge in [-0.2, -0.15) is 0 Å². The van der Waals surface area contributed by atoms with Crippen LogP contribution in [0.15, 0.2) is 18.5 Å². The minimum atomic E-state index is -1.20. The Hall–Kier alpha value is -0.960. The van der Waals surface area contributed by atoms with E-state index in [1.165, 1.54) is 0 Å². The van der Waals surface area contributed by atoms with Crippen molar-refractivity contribution in [3.05, 3.63) is 29.6 Å². The maximum atomic E-state index is 14.6. The first kappa shape index (κ1) is 10.6. The lowest BCUT2D eigenvalue weighted by molar-refractivity contribution is 0.0974. The van der Waals surface area contributed by atoms with Crippen molar-refractivity contribution in [1.82, 2.24) is 4.98 Å². The maximum Gasteiger partial charge on any atom is 0.137 e. The van der Waals surface area contributed by atoms with Gasteiger partial charge in [0.1, 0.15) is 5.67 Å². The molecule has 0 aromatic carbocycles. The summed E-state index contributed by atoms with van der Waals surface area (Å²) in [6.07, 6.45) is 5.98. The van der Waals surface area contributed by atoms with Gasteiger partial charge in [0.05, 0.1) is 0 Å². The van der Waals surface area contributed by atoms with Crippen molar-refractivity contribution in [1.29, 1.82) is 0 Å². The predicted octanol–water partition coefficient (Wildman–Crippen LogP) is 2.46. The van der Waals surface area contributed by atoms with Gasteiger partial charge in [-0.15, -0.1) is 0 Å². The van der Waals surface area contributed by atoms with Gasteiger partial charge in [0, 0.05) is 24.0 Å². The van der Waals surface area contributed by atoms with Crippen LogP contribution in [0.1, 0.15) is 36.8 Å². The molecule has 1 fully saturated rings. The first-order valence-electron chi connectivity index (χ1n) is 5.47. The van der Waals surface area contributed by atoms with Crippen LogP contribution in [-0.4, -0.2) is 11.0 Å². The zero-order valence-electron chi connectivity index (χ0n) is 9.04. The molecule has 0 bridgehead atoms. The molecular formula is C12H17FN2. The van der Waals surface area contributed by atoms with Crippen molar-refractivity contribution in [2.75, 3.05) is 0 Å². The average molecular weight is 208 g/mol. The third-order valence-electron chi connectivity index (χ3n) is 3.22. The quantitative estimate of drug-likeness (QED) is 0.770. The summed E-state index contributed by atoms with van der Waals surface area (Å²) in [6, 6.07) is 2.07. The van der Waals surface area contributed by atoms with E-state index in [0.29, 0.717) is 12.8 Å². The van der Waals surface area contributed by atoms with E-state index < -0.39 is 5.67 Å². The molecule has 1 heterocycles. The van der Waals surface area contributed by atoms with Crippen molar-refractivity contribution >= 4 is 0 Å². The number of pyridine rings is 1. The molecule has 0 aliphatic heterocycles. The summed E-state index contributed by atoms with van der Waals surface area (Å²) in [4.78, 5) is 4.05. The van der Waals surface area contributed by atoms with E-state index in [0.717, 1.165) is 24.0 Å². The first-order chi connectivity index (χ1) is 7.10. The summed E-state index contributed by atoms with van der Waals surface area (Å²) in [6.45, 7) is 1.94. The molecule has 0 unspecified atom stereocenters. The number of aromatic nitrogens is 1. The third-order valence-corrected chi connectivity index (χ3v) is 3.22. The van der Waals surface area contributed by atoms with Gasteiger partial charge in [0.15, 0.2) is 0 Å². The number of hydrogen-bond donors (Lipinski definition) is 1. The highest BCUT2D eigenvalue weighted by Gasteiger charge is 2.36. The number of nitrogens with two attached hydrogens (primary N) is 1. The van der Waals surface area contributed by atoms with E-state index in [1.807, 2.05) is 13.0 Å². The molecular weight excluding hydrogens is 191 g/mol. The summed E-state index contributed by atoms with van der Waals surface area (Å²) < 4.78 is 14.6. The summed E-state index contributed by atoms with van der Waals surface area (Å²) in [5.74, 6) is 0. The number of aryl methyl sites for hydroxylation is 1. The molecule has 1 aliphatic rings. The van der Waals surface area contributed by atoms with Gasteiger partial charge >= 0.3 is 0 Å². The first-order valence-corrected chi connectivity index (χ1v) is 5.47. The molecule has 0 radical (unpaired) electrons. The topological polar surface area (TPSA) is 38.9 Å². The van der Waals surface area contributed by atoms with E-state index in [4.69, 9.17) is 5.73 Å². The Morgan fingerprint density at radius 2 is 2.07 bits per heavy atom. The Kier molecular flexibility index (Phi) is 2.74. The van der Waals surface area contributed by atoms with Gasteiger partial charge < -0.3 is 5.73 Å². The van der Waals surface area contributed by atoms with Crippen LogP contribution in [-0.2, 0) is 5.67 Å². The van der Waals surface area contributed by atoms with Crippen LogP contribution < -0.4 is 5.73 Å². The predicted molar refractivity (Wildman–Crippen MR) is 58.2 cm³/mol. The average Bonchev–Trinajstić information content (AvgIpc) is 2.23. The van der Waals surface area contributed by atoms with Gasteiger partial charge in [0.2, 0.25) is 0 Å². The Morgan fingerprint density at radius 1 is 1.40 bits per heavy atom. The minimum Gasteiger partial charge on any atom is -0.328 e. The Labute approximate surface area is 89.7 Å². The van der Waals surface area contributed by atoms with Gasteiger partial charge in [-0.1, -0.05) is 0 Å². The molecule has 0 amide bonds. The summed E-state index contributed by atoms with van der Waals surface area (Å²) >= 11 is 0. The molecule has 1 aliphatic carbocycles. The van der Waals surface area contributed by atoms with E-state index in [2.05, 4.69) is 4.98 Å². The van der Waals surface area contributed by atoms with E-state index >= 15 is 0 Å². The number of halogens is 1. The van der Waals surface area contributed by atoms with Gasteiger partial charge in [-0.05, 0) is 44.2 Å². The molecule has 2 N–H and O–H groups in total. The summed E-state index contributed by atoms with van der Waals surface area (Å²) in [5.41, 5.74) is 6.31. The van der Waals surface area contributed by atoms with E-state index in [-0.39, 0.29) is 6.04 Å². The third kappa shape index (κ3) is 2.17. The van der Waals surface area contributed by atoms with Gasteiger partial charge in [-0.25, -0.2) is 4.39 Å². The Bertz CT molecular complexity index is 343. The van der Waals surface area contributed by atoms with Crippen molar-refractivity contribution in [2.45, 2.75) is 44.3 Å². The SMILES string of the molecule is Cc1cncc(C2(F)CCC(N)CC2)c1. The number of alkyl halides is 1. The molecule has 15 heavy (non-hydrogen) atoms. The second kappa shape index (κ2) is 3.89. The van der Waals surface area contributed by atoms with Gasteiger partial charge in [-0.3, -0.25) is 4.98 Å². The van der Waals surface area contributed by atoms with Crippen molar-refractivity contribution in [2.24, 2.45) is 5.73 Å². The lowest BCUT2D eigenvalue weighted by Gasteiger charge is -2.32. The lowest BCUT2D eigenvalue weighted by Crippen LogP contribution is -2.34. The lowest BCUT2D eigenvalue weighted by atomic mass is 9.80. The summed E-state index contributed by atoms with van der Waals surface area (Å²) in [7, 11) is 0. The second-order valence-corrected chi connectivity index (χ2v) is 4.55. The molecule has 1 aromatic rings. The number of hydrogen-bond acceptors (Lipinski definition) is 2. The zero-order chi connectivity index (χ0) is 10.9. The fourth-order valence-corrected chi connectivity index (χ4v) is 2.19. The molecule has 0 spiro atoms. The van der Waals surface area contributed by atoms with Crippen LogP contribution in [0.3, 0.4) is 0 Å². The van der Waals surface area contributed by atoms with Crippen LogP contribution in [0.25, 0.3) is 0 Å². The smallest absolute Gasteiger partial charge is 0.137 e. The van der Waals surface area contributed by atoms with Gasteiger partial charge in [0.25, 0.3) is 0 Å². The fourth-order valence-electron chi connectivity index (χ4n) is 2.19. The Balaban J connectivity index is 2.22. The van der Waals surface area contributed by atoms with Crippen molar-refractivity contribution < 1.29 is 4.39 Å². The molecule has 2 rings (SSSR count). The van der Waals surface area contributed by atoms with Crippen LogP contribution in [0.5, 0.6) is 0 Å². The molecule has 1 saturated carbocycles. The van der Waals surface area contributed by atoms with E-state index in [1.54, 1.807) is 12.4 Å². The second-order valence-electron chi connectivity index (χ2n) is 4.55. The largest absolute Gasteiger partial charge is 0.328 e. The molecule has 82 valence electrons. The zero-order valence-corrected chi connectivity index (χ0v) is 9.04. The number of rotatable bonds is 1. The van der Waals surface area contributed by atoms with Crippen LogP contribution in [0.2, 0.25) is 0 Å². The minimum absolute atomic E-state index is 0.173. The molecule has 2 nitrogen and oxygen atoms in total. The molecule has 0 saturated heterocycles. The monoisotopic (exact) mass is 208 g/mol. The van der Waals surface area contributed by atoms with Crippen molar-refractivity contribution in [3.63, 3.8) is 0 Å². The van der Waals surface area contributed by atoms with Crippen LogP contribution >= 0.6 is 0 Å². The summed E-state index contributed by atoms with van der Waals surface area (Å²) in [5, 5.41) is 0. The normalized spacial score (nSPS) is 31.5. The highest BCUT2D eigenvalue weighted by atomic mass is 19.1. The molecule has 3 heteroatoms. The van der Waals surface area contributed by atoms with Crippen LogP contribution in [0.4, 0.5) is 4.39 Å². The van der Waals surface area contributed by atoms with Crippen LogP contribution in [0, 0.1) is 6.92 Å². The highest BCUT2D eigenvalue weighted by molar-refractivity contribution is 5.24.